The molecule has 1 aliphatic heterocycles. The lowest BCUT2D eigenvalue weighted by atomic mass is 9.92. The Morgan fingerprint density at radius 1 is 1.18 bits per heavy atom. The lowest BCUT2D eigenvalue weighted by Gasteiger charge is -2.40. The molecule has 2 aromatic carbocycles. The van der Waals surface area contributed by atoms with Crippen molar-refractivity contribution in [1.29, 1.82) is 0 Å². The van der Waals surface area contributed by atoms with E-state index in [1.165, 1.54) is 27.0 Å². The van der Waals surface area contributed by atoms with Crippen LogP contribution in [-0.4, -0.2) is 31.9 Å². The second-order valence-corrected chi connectivity index (χ2v) is 9.83. The van der Waals surface area contributed by atoms with Gasteiger partial charge in [0.1, 0.15) is 33.5 Å². The summed E-state index contributed by atoms with van der Waals surface area (Å²) in [6.07, 6.45) is 0.101. The zero-order chi connectivity index (χ0) is 20.7. The summed E-state index contributed by atoms with van der Waals surface area (Å²) in [5.41, 5.74) is 5.42. The lowest BCUT2D eigenvalue weighted by Crippen LogP contribution is -2.57. The number of sulfone groups is 1. The largest absolute Gasteiger partial charge is 0.497 e. The first kappa shape index (κ1) is 20.3. The van der Waals surface area contributed by atoms with E-state index in [9.17, 15) is 17.2 Å². The van der Waals surface area contributed by atoms with Crippen LogP contribution in [-0.2, 0) is 21.8 Å². The van der Waals surface area contributed by atoms with Crippen molar-refractivity contribution in [2.75, 3.05) is 12.9 Å². The number of rotatable bonds is 4. The van der Waals surface area contributed by atoms with Gasteiger partial charge in [0.2, 0.25) is 0 Å². The molecule has 0 aliphatic carbocycles. The van der Waals surface area contributed by atoms with E-state index in [0.29, 0.717) is 11.8 Å². The van der Waals surface area contributed by atoms with Crippen LogP contribution in [0, 0.1) is 11.6 Å². The van der Waals surface area contributed by atoms with Crippen molar-refractivity contribution in [3.63, 3.8) is 0 Å². The van der Waals surface area contributed by atoms with Gasteiger partial charge in [0.15, 0.2) is 9.84 Å². The maximum absolute atomic E-state index is 14.3. The highest BCUT2D eigenvalue weighted by Crippen LogP contribution is 2.39. The highest BCUT2D eigenvalue weighted by Gasteiger charge is 2.52. The Kier molecular flexibility index (Phi) is 4.95. The Hall–Kier alpha value is -2.48. The summed E-state index contributed by atoms with van der Waals surface area (Å²) in [6, 6.07) is 10.0. The van der Waals surface area contributed by atoms with Gasteiger partial charge in [0.05, 0.1) is 12.9 Å². The van der Waals surface area contributed by atoms with Crippen LogP contribution in [0.1, 0.15) is 25.0 Å². The van der Waals surface area contributed by atoms with Crippen LogP contribution < -0.4 is 10.5 Å². The summed E-state index contributed by atoms with van der Waals surface area (Å²) in [7, 11) is -2.31. The number of amidine groups is 1. The molecule has 0 saturated heterocycles. The molecule has 0 amide bonds. The number of aliphatic imine (C=N–C) groups is 1. The molecular weight excluding hydrogens is 386 g/mol. The highest BCUT2D eigenvalue weighted by molar-refractivity contribution is 7.93. The van der Waals surface area contributed by atoms with Crippen molar-refractivity contribution < 1.29 is 21.9 Å². The predicted molar refractivity (Wildman–Crippen MR) is 104 cm³/mol. The fraction of sp³-hybridized carbons (Fsp3) is 0.350. The first-order valence-corrected chi connectivity index (χ1v) is 10.3. The number of nitrogens with zero attached hydrogens (tertiary/aromatic N) is 1. The first-order chi connectivity index (χ1) is 13.0. The molecule has 2 aromatic rings. The van der Waals surface area contributed by atoms with Gasteiger partial charge in [0.25, 0.3) is 0 Å². The summed E-state index contributed by atoms with van der Waals surface area (Å²) < 4.78 is 57.8. The molecule has 0 aromatic heterocycles. The fourth-order valence-corrected chi connectivity index (χ4v) is 5.57. The number of nitrogens with two attached hydrogens (primary N) is 1. The number of methoxy groups -OCH3 is 1. The van der Waals surface area contributed by atoms with Crippen LogP contribution in [0.15, 0.2) is 47.5 Å². The van der Waals surface area contributed by atoms with Gasteiger partial charge in [-0.2, -0.15) is 0 Å². The van der Waals surface area contributed by atoms with Crippen LogP contribution in [0.3, 0.4) is 0 Å². The summed E-state index contributed by atoms with van der Waals surface area (Å²) in [6.45, 7) is 3.00. The first-order valence-electron chi connectivity index (χ1n) is 8.67. The predicted octanol–water partition coefficient (Wildman–Crippen LogP) is 2.98. The summed E-state index contributed by atoms with van der Waals surface area (Å²) >= 11 is 0. The molecule has 28 heavy (non-hydrogen) atoms. The maximum Gasteiger partial charge on any atom is 0.165 e. The number of hydrogen-bond acceptors (Lipinski definition) is 5. The molecule has 2 unspecified atom stereocenters. The van der Waals surface area contributed by atoms with Gasteiger partial charge in [-0.1, -0.05) is 18.2 Å². The highest BCUT2D eigenvalue weighted by atomic mass is 32.2. The standard InChI is InChI=1S/C20H22F2N2O3S/c1-19(16-8-7-14(21)10-17(16)22)12-28(25,26)20(2,18(23)24-19)11-13-5-4-6-15(9-13)27-3/h4-10H,11-12H2,1-3H3,(H2,23,24). The average Bonchev–Trinajstić information content (AvgIpc) is 2.59. The molecule has 0 spiro atoms. The fourth-order valence-electron chi connectivity index (χ4n) is 3.54. The molecule has 8 heteroatoms. The van der Waals surface area contributed by atoms with Gasteiger partial charge >= 0.3 is 0 Å². The Bertz CT molecular complexity index is 1060. The van der Waals surface area contributed by atoms with Crippen LogP contribution in [0.5, 0.6) is 5.75 Å². The molecule has 0 saturated carbocycles. The summed E-state index contributed by atoms with van der Waals surface area (Å²) in [5, 5.41) is 0. The van der Waals surface area contributed by atoms with E-state index in [4.69, 9.17) is 10.5 Å². The molecule has 150 valence electrons. The van der Waals surface area contributed by atoms with Gasteiger partial charge < -0.3 is 10.5 Å². The second kappa shape index (κ2) is 6.84. The van der Waals surface area contributed by atoms with Gasteiger partial charge in [0, 0.05) is 11.6 Å². The maximum atomic E-state index is 14.3. The van der Waals surface area contributed by atoms with Crippen LogP contribution in [0.4, 0.5) is 8.78 Å². The molecule has 2 atom stereocenters. The molecular formula is C20H22F2N2O3S. The zero-order valence-electron chi connectivity index (χ0n) is 15.9. The van der Waals surface area contributed by atoms with Crippen molar-refractivity contribution in [3.8, 4) is 5.75 Å². The minimum absolute atomic E-state index is 0.0103. The average molecular weight is 408 g/mol. The third-order valence-electron chi connectivity index (χ3n) is 5.25. The molecule has 0 bridgehead atoms. The summed E-state index contributed by atoms with van der Waals surface area (Å²) in [5.74, 6) is -1.55. The smallest absolute Gasteiger partial charge is 0.165 e. The SMILES string of the molecule is COc1cccc(CC2(C)C(N)=NC(C)(c3ccc(F)cc3F)CS2(=O)=O)c1. The molecule has 1 heterocycles. The summed E-state index contributed by atoms with van der Waals surface area (Å²) in [4.78, 5) is 4.38. The molecule has 5 nitrogen and oxygen atoms in total. The van der Waals surface area contributed by atoms with Crippen molar-refractivity contribution in [2.45, 2.75) is 30.6 Å². The van der Waals surface area contributed by atoms with Gasteiger partial charge in [-0.3, -0.25) is 4.99 Å². The van der Waals surface area contributed by atoms with E-state index in [0.717, 1.165) is 11.6 Å². The number of halogens is 2. The number of ether oxygens (including phenoxy) is 1. The monoisotopic (exact) mass is 408 g/mol. The van der Waals surface area contributed by atoms with Gasteiger partial charge in [-0.05, 0) is 44.0 Å². The van der Waals surface area contributed by atoms with Crippen molar-refractivity contribution in [1.82, 2.24) is 0 Å². The Morgan fingerprint density at radius 2 is 1.89 bits per heavy atom. The van der Waals surface area contributed by atoms with E-state index in [2.05, 4.69) is 4.99 Å². The van der Waals surface area contributed by atoms with Gasteiger partial charge in [-0.15, -0.1) is 0 Å². The van der Waals surface area contributed by atoms with E-state index in [-0.39, 0.29) is 17.8 Å². The Balaban J connectivity index is 2.07. The molecule has 1 aliphatic rings. The Morgan fingerprint density at radius 3 is 2.50 bits per heavy atom. The van der Waals surface area contributed by atoms with E-state index in [1.807, 2.05) is 0 Å². The molecule has 0 fully saturated rings. The molecule has 0 radical (unpaired) electrons. The zero-order valence-corrected chi connectivity index (χ0v) is 16.7. The topological polar surface area (TPSA) is 81.8 Å². The molecule has 2 N–H and O–H groups in total. The van der Waals surface area contributed by atoms with Crippen molar-refractivity contribution in [2.24, 2.45) is 10.7 Å². The third kappa shape index (κ3) is 3.37. The van der Waals surface area contributed by atoms with Crippen LogP contribution >= 0.6 is 0 Å². The minimum Gasteiger partial charge on any atom is -0.497 e. The van der Waals surface area contributed by atoms with Crippen LogP contribution in [0.25, 0.3) is 0 Å². The van der Waals surface area contributed by atoms with E-state index in [1.54, 1.807) is 24.3 Å². The van der Waals surface area contributed by atoms with Gasteiger partial charge in [-0.25, -0.2) is 17.2 Å². The number of hydrogen-bond donors (Lipinski definition) is 1. The quantitative estimate of drug-likeness (QED) is 0.843. The normalized spacial score (nSPS) is 26.5. The van der Waals surface area contributed by atoms with Crippen LogP contribution in [0.2, 0.25) is 0 Å². The lowest BCUT2D eigenvalue weighted by molar-refractivity contribution is 0.414. The second-order valence-electron chi connectivity index (χ2n) is 7.41. The Labute approximate surface area is 163 Å². The van der Waals surface area contributed by atoms with Crippen molar-refractivity contribution >= 4 is 15.7 Å². The molecule has 3 rings (SSSR count). The van der Waals surface area contributed by atoms with E-state index < -0.39 is 37.5 Å². The third-order valence-corrected chi connectivity index (χ3v) is 7.92. The van der Waals surface area contributed by atoms with Crippen molar-refractivity contribution in [3.05, 3.63) is 65.2 Å². The van der Waals surface area contributed by atoms with E-state index >= 15 is 0 Å². The minimum atomic E-state index is -3.83. The number of benzene rings is 2.